The summed E-state index contributed by atoms with van der Waals surface area (Å²) in [4.78, 5) is 25.1. The number of rotatable bonds is 7. The molecule has 0 fully saturated rings. The van der Waals surface area contributed by atoms with Crippen LogP contribution in [0.3, 0.4) is 0 Å². The van der Waals surface area contributed by atoms with Gasteiger partial charge >= 0.3 is 5.97 Å². The Labute approximate surface area is 190 Å². The number of esters is 1. The molecule has 1 N–H and O–H groups in total. The van der Waals surface area contributed by atoms with E-state index in [1.165, 1.54) is 7.11 Å². The molecule has 0 saturated carbocycles. The molecule has 0 spiro atoms. The van der Waals surface area contributed by atoms with Gasteiger partial charge in [-0.05, 0) is 42.8 Å². The quantitative estimate of drug-likeness (QED) is 0.451. The number of nitrogens with one attached hydrogen (secondary N) is 1. The van der Waals surface area contributed by atoms with Crippen LogP contribution in [0.25, 0.3) is 0 Å². The maximum Gasteiger partial charge on any atom is 0.338 e. The van der Waals surface area contributed by atoms with Crippen LogP contribution < -0.4 is 10.1 Å². The van der Waals surface area contributed by atoms with Crippen molar-refractivity contribution in [2.75, 3.05) is 7.11 Å². The molecule has 3 aromatic carbocycles. The predicted molar refractivity (Wildman–Crippen MR) is 121 cm³/mol. The zero-order chi connectivity index (χ0) is 22.4. The summed E-state index contributed by atoms with van der Waals surface area (Å²) < 4.78 is 10.6. The highest BCUT2D eigenvalue weighted by Crippen LogP contribution is 2.26. The maximum absolute atomic E-state index is 13.1. The second-order valence-electron chi connectivity index (χ2n) is 6.79. The van der Waals surface area contributed by atoms with E-state index in [9.17, 15) is 9.59 Å². The summed E-state index contributed by atoms with van der Waals surface area (Å²) in [6, 6.07) is 18.7. The average Bonchev–Trinajstić information content (AvgIpc) is 2.78. The van der Waals surface area contributed by atoms with Crippen LogP contribution in [0.1, 0.15) is 44.8 Å². The molecule has 1 atom stereocenters. The molecule has 7 heteroatoms. The van der Waals surface area contributed by atoms with Crippen molar-refractivity contribution < 1.29 is 19.1 Å². The minimum absolute atomic E-state index is 0.136. The second-order valence-corrected chi connectivity index (χ2v) is 7.64. The van der Waals surface area contributed by atoms with Crippen LogP contribution in [0.2, 0.25) is 10.0 Å². The number of hydrogen-bond donors (Lipinski definition) is 1. The number of para-hydroxylation sites is 1. The van der Waals surface area contributed by atoms with E-state index in [2.05, 4.69) is 5.32 Å². The lowest BCUT2D eigenvalue weighted by Gasteiger charge is -2.19. The number of methoxy groups -OCH3 is 1. The zero-order valence-corrected chi connectivity index (χ0v) is 18.5. The molecule has 0 aliphatic heterocycles. The van der Waals surface area contributed by atoms with Crippen molar-refractivity contribution in [2.24, 2.45) is 0 Å². The first-order chi connectivity index (χ1) is 14.9. The van der Waals surface area contributed by atoms with Crippen LogP contribution in [0.5, 0.6) is 5.75 Å². The van der Waals surface area contributed by atoms with E-state index < -0.39 is 12.0 Å². The van der Waals surface area contributed by atoms with Crippen molar-refractivity contribution >= 4 is 35.1 Å². The van der Waals surface area contributed by atoms with Gasteiger partial charge in [0, 0.05) is 16.1 Å². The van der Waals surface area contributed by atoms with Gasteiger partial charge < -0.3 is 14.8 Å². The molecule has 31 heavy (non-hydrogen) atoms. The van der Waals surface area contributed by atoms with E-state index >= 15 is 0 Å². The van der Waals surface area contributed by atoms with Gasteiger partial charge in [0.25, 0.3) is 5.91 Å². The maximum atomic E-state index is 13.1. The first kappa shape index (κ1) is 22.7. The monoisotopic (exact) mass is 457 g/mol. The third-order valence-corrected chi connectivity index (χ3v) is 5.26. The number of amides is 1. The van der Waals surface area contributed by atoms with Crippen LogP contribution in [0, 0.1) is 0 Å². The molecule has 0 aliphatic rings. The van der Waals surface area contributed by atoms with Crippen molar-refractivity contribution in [3.05, 3.63) is 99.0 Å². The smallest absolute Gasteiger partial charge is 0.338 e. The summed E-state index contributed by atoms with van der Waals surface area (Å²) in [6.45, 7) is 1.93. The van der Waals surface area contributed by atoms with Gasteiger partial charge in [-0.2, -0.15) is 0 Å². The van der Waals surface area contributed by atoms with Crippen LogP contribution >= 0.6 is 23.2 Å². The lowest BCUT2D eigenvalue weighted by atomic mass is 10.0. The molecule has 160 valence electrons. The number of hydrogen-bond acceptors (Lipinski definition) is 4. The summed E-state index contributed by atoms with van der Waals surface area (Å²) >= 11 is 12.3. The normalized spacial score (nSPS) is 11.5. The van der Waals surface area contributed by atoms with Crippen molar-refractivity contribution in [1.29, 1.82) is 0 Å². The van der Waals surface area contributed by atoms with Crippen LogP contribution in [0.4, 0.5) is 0 Å². The molecule has 1 amide bonds. The molecular weight excluding hydrogens is 437 g/mol. The zero-order valence-electron chi connectivity index (χ0n) is 17.0. The largest absolute Gasteiger partial charge is 0.487 e. The highest BCUT2D eigenvalue weighted by molar-refractivity contribution is 6.32. The molecule has 0 aromatic heterocycles. The molecule has 0 saturated heterocycles. The number of ether oxygens (including phenoxy) is 2. The lowest BCUT2D eigenvalue weighted by molar-refractivity contribution is 0.0597. The summed E-state index contributed by atoms with van der Waals surface area (Å²) in [6.07, 6.45) is 0. The summed E-state index contributed by atoms with van der Waals surface area (Å²) in [7, 11) is 1.32. The van der Waals surface area contributed by atoms with Crippen LogP contribution in [0.15, 0.2) is 66.7 Å². The SMILES string of the molecule is COC(=O)c1ccccc1[C@H](C)NC(=O)c1cc(Cl)ccc1COc1ccccc1Cl. The predicted octanol–water partition coefficient (Wildman–Crippen LogP) is 5.85. The van der Waals surface area contributed by atoms with Gasteiger partial charge in [0.2, 0.25) is 0 Å². The highest BCUT2D eigenvalue weighted by Gasteiger charge is 2.20. The first-order valence-electron chi connectivity index (χ1n) is 9.54. The van der Waals surface area contributed by atoms with Gasteiger partial charge in [-0.1, -0.05) is 59.6 Å². The Hall–Kier alpha value is -3.02. The Balaban J connectivity index is 1.81. The van der Waals surface area contributed by atoms with Crippen molar-refractivity contribution in [3.8, 4) is 5.75 Å². The van der Waals surface area contributed by atoms with E-state index in [1.54, 1.807) is 61.5 Å². The summed E-state index contributed by atoms with van der Waals surface area (Å²) in [5, 5.41) is 3.83. The number of carbonyl (C=O) groups is 2. The summed E-state index contributed by atoms with van der Waals surface area (Å²) in [5.74, 6) is -0.286. The Morgan fingerprint density at radius 3 is 2.42 bits per heavy atom. The Kier molecular flexibility index (Phi) is 7.55. The van der Waals surface area contributed by atoms with Gasteiger partial charge in [0.1, 0.15) is 12.4 Å². The van der Waals surface area contributed by atoms with Crippen molar-refractivity contribution in [2.45, 2.75) is 19.6 Å². The molecule has 0 heterocycles. The minimum atomic E-state index is -0.465. The van der Waals surface area contributed by atoms with E-state index in [-0.39, 0.29) is 12.5 Å². The van der Waals surface area contributed by atoms with Gasteiger partial charge in [0.15, 0.2) is 0 Å². The number of benzene rings is 3. The Morgan fingerprint density at radius 1 is 0.968 bits per heavy atom. The van der Waals surface area contributed by atoms with E-state index in [0.717, 1.165) is 0 Å². The van der Waals surface area contributed by atoms with Gasteiger partial charge in [-0.25, -0.2) is 4.79 Å². The number of halogens is 2. The minimum Gasteiger partial charge on any atom is -0.487 e. The fourth-order valence-corrected chi connectivity index (χ4v) is 3.49. The van der Waals surface area contributed by atoms with E-state index in [1.807, 2.05) is 12.1 Å². The fraction of sp³-hybridized carbons (Fsp3) is 0.167. The molecule has 0 radical (unpaired) electrons. The molecule has 0 bridgehead atoms. The highest BCUT2D eigenvalue weighted by atomic mass is 35.5. The molecule has 0 unspecified atom stereocenters. The lowest BCUT2D eigenvalue weighted by Crippen LogP contribution is -2.29. The number of carbonyl (C=O) groups excluding carboxylic acids is 2. The second kappa shape index (κ2) is 10.3. The Bertz CT molecular complexity index is 1100. The molecular formula is C24H21Cl2NO4. The summed E-state index contributed by atoms with van der Waals surface area (Å²) in [5.41, 5.74) is 2.07. The van der Waals surface area contributed by atoms with Crippen LogP contribution in [-0.2, 0) is 11.3 Å². The third kappa shape index (κ3) is 5.57. The first-order valence-corrected chi connectivity index (χ1v) is 10.3. The van der Waals surface area contributed by atoms with E-state index in [0.29, 0.717) is 38.0 Å². The molecule has 5 nitrogen and oxygen atoms in total. The molecule has 3 aromatic rings. The van der Waals surface area contributed by atoms with Crippen molar-refractivity contribution in [3.63, 3.8) is 0 Å². The van der Waals surface area contributed by atoms with Gasteiger partial charge in [0.05, 0.1) is 23.7 Å². The third-order valence-electron chi connectivity index (χ3n) is 4.72. The van der Waals surface area contributed by atoms with E-state index in [4.69, 9.17) is 32.7 Å². The average molecular weight is 458 g/mol. The fourth-order valence-electron chi connectivity index (χ4n) is 3.13. The van der Waals surface area contributed by atoms with Crippen molar-refractivity contribution in [1.82, 2.24) is 5.32 Å². The van der Waals surface area contributed by atoms with Gasteiger partial charge in [-0.3, -0.25) is 4.79 Å². The topological polar surface area (TPSA) is 64.6 Å². The molecule has 3 rings (SSSR count). The standard InChI is InChI=1S/C24H21Cl2NO4/c1-15(18-7-3-4-8-19(18)24(29)30-2)27-23(28)20-13-17(25)12-11-16(20)14-31-22-10-6-5-9-21(22)26/h3-13,15H,14H2,1-2H3,(H,27,28)/t15-/m0/s1. The molecule has 0 aliphatic carbocycles. The Morgan fingerprint density at radius 2 is 1.68 bits per heavy atom. The van der Waals surface area contributed by atoms with Crippen LogP contribution in [-0.4, -0.2) is 19.0 Å². The van der Waals surface area contributed by atoms with Gasteiger partial charge in [-0.15, -0.1) is 0 Å².